The molecule has 0 spiro atoms. The van der Waals surface area contributed by atoms with E-state index in [9.17, 15) is 19.8 Å². The number of aromatic carboxylic acids is 1. The highest BCUT2D eigenvalue weighted by Gasteiger charge is 2.40. The van der Waals surface area contributed by atoms with Gasteiger partial charge >= 0.3 is 12.1 Å². The third-order valence-corrected chi connectivity index (χ3v) is 7.02. The molecule has 3 unspecified atom stereocenters. The Morgan fingerprint density at radius 3 is 2.19 bits per heavy atom. The smallest absolute Gasteiger partial charge is 0.410 e. The van der Waals surface area contributed by atoms with Crippen LogP contribution in [-0.4, -0.2) is 71.3 Å². The maximum atomic E-state index is 12.9. The Balaban J connectivity index is 1.37. The maximum Gasteiger partial charge on any atom is 0.410 e. The van der Waals surface area contributed by atoms with Crippen molar-refractivity contribution >= 4 is 12.1 Å². The average molecular weight is 592 g/mol. The molecular weight excluding hydrogens is 550 g/mol. The molecule has 1 aliphatic rings. The lowest BCUT2D eigenvalue weighted by molar-refractivity contribution is -0.0755. The minimum absolute atomic E-state index is 0.105. The molecule has 0 saturated carbocycles. The molecule has 3 aromatic carbocycles. The van der Waals surface area contributed by atoms with Crippen LogP contribution >= 0.6 is 0 Å². The van der Waals surface area contributed by atoms with Crippen molar-refractivity contribution in [2.45, 2.75) is 64.1 Å². The van der Waals surface area contributed by atoms with Crippen molar-refractivity contribution in [3.63, 3.8) is 0 Å². The molecule has 1 saturated heterocycles. The Morgan fingerprint density at radius 2 is 1.53 bits per heavy atom. The van der Waals surface area contributed by atoms with Crippen molar-refractivity contribution in [2.24, 2.45) is 0 Å². The van der Waals surface area contributed by atoms with E-state index >= 15 is 0 Å². The van der Waals surface area contributed by atoms with Crippen molar-refractivity contribution in [3.05, 3.63) is 101 Å². The van der Waals surface area contributed by atoms with Gasteiger partial charge in [0.1, 0.15) is 11.4 Å². The van der Waals surface area contributed by atoms with E-state index in [1.54, 1.807) is 32.9 Å². The largest absolute Gasteiger partial charge is 0.494 e. The number of β-amino-alcohol motifs (C(OH)–C–C–N with tert-alkyl or cyclic N) is 1. The lowest BCUT2D eigenvalue weighted by Crippen LogP contribution is -2.54. The highest BCUT2D eigenvalue weighted by molar-refractivity contribution is 5.87. The summed E-state index contributed by atoms with van der Waals surface area (Å²) in [5.74, 6) is -0.694. The summed E-state index contributed by atoms with van der Waals surface area (Å²) in [4.78, 5) is 25.5. The fourth-order valence-corrected chi connectivity index (χ4v) is 4.91. The van der Waals surface area contributed by atoms with Gasteiger partial charge in [-0.05, 0) is 61.7 Å². The molecule has 0 bridgehead atoms. The van der Waals surface area contributed by atoms with Gasteiger partial charge in [-0.1, -0.05) is 54.6 Å². The lowest BCUT2D eigenvalue weighted by Gasteiger charge is -2.42. The fourth-order valence-electron chi connectivity index (χ4n) is 4.91. The van der Waals surface area contributed by atoms with Gasteiger partial charge in [-0.2, -0.15) is 0 Å². The number of nitrogens with zero attached hydrogens (tertiary/aromatic N) is 1. The number of hydrogen-bond acceptors (Lipinski definition) is 7. The Labute approximate surface area is 253 Å². The number of aliphatic hydroxyl groups excluding tert-OH is 1. The second-order valence-electron chi connectivity index (χ2n) is 11.6. The van der Waals surface area contributed by atoms with Crippen molar-refractivity contribution in [2.75, 3.05) is 26.3 Å². The molecule has 0 aromatic heterocycles. The van der Waals surface area contributed by atoms with Gasteiger partial charge in [-0.15, -0.1) is 0 Å². The Kier molecular flexibility index (Phi) is 11.2. The number of hydrogen-bond donors (Lipinski definition) is 2. The first-order valence-electron chi connectivity index (χ1n) is 14.5. The second kappa shape index (κ2) is 15.0. The number of carboxylic acid groups (broad SMARTS) is 1. The summed E-state index contributed by atoms with van der Waals surface area (Å²) in [6, 6.07) is 24.0. The van der Waals surface area contributed by atoms with Gasteiger partial charge in [0.05, 0.1) is 57.3 Å². The zero-order valence-corrected chi connectivity index (χ0v) is 25.0. The SMILES string of the molecule is CC(C)(C)OC(=O)N1CC(O)C(c2ccc(OCCCOCc3ccccc3)cc2)C(OCc2ccc(C(=O)O)cc2)C1. The van der Waals surface area contributed by atoms with Crippen LogP contribution in [0.15, 0.2) is 78.9 Å². The van der Waals surface area contributed by atoms with Crippen LogP contribution in [0.4, 0.5) is 4.79 Å². The summed E-state index contributed by atoms with van der Waals surface area (Å²) >= 11 is 0. The summed E-state index contributed by atoms with van der Waals surface area (Å²) in [6.45, 7) is 7.58. The number of likely N-dealkylation sites (tertiary alicyclic amines) is 1. The third-order valence-electron chi connectivity index (χ3n) is 7.02. The van der Waals surface area contributed by atoms with Gasteiger partial charge in [-0.3, -0.25) is 0 Å². The van der Waals surface area contributed by atoms with Crippen molar-refractivity contribution in [3.8, 4) is 5.75 Å². The molecule has 3 aromatic rings. The number of ether oxygens (including phenoxy) is 4. The molecule has 2 N–H and O–H groups in total. The van der Waals surface area contributed by atoms with Gasteiger partial charge in [0, 0.05) is 12.3 Å². The first-order valence-corrected chi connectivity index (χ1v) is 14.5. The van der Waals surface area contributed by atoms with Gasteiger partial charge in [0.2, 0.25) is 0 Å². The monoisotopic (exact) mass is 591 g/mol. The maximum absolute atomic E-state index is 12.9. The molecule has 3 atom stereocenters. The van der Waals surface area contributed by atoms with E-state index in [2.05, 4.69) is 0 Å². The number of benzene rings is 3. The summed E-state index contributed by atoms with van der Waals surface area (Å²) < 4.78 is 23.4. The van der Waals surface area contributed by atoms with E-state index in [1.807, 2.05) is 54.6 Å². The van der Waals surface area contributed by atoms with Gasteiger partial charge < -0.3 is 34.1 Å². The summed E-state index contributed by atoms with van der Waals surface area (Å²) in [5, 5.41) is 20.4. The highest BCUT2D eigenvalue weighted by Crippen LogP contribution is 2.33. The number of carbonyl (C=O) groups is 2. The number of carboxylic acids is 1. The third kappa shape index (κ3) is 9.81. The number of rotatable bonds is 12. The van der Waals surface area contributed by atoms with Crippen LogP contribution in [0.3, 0.4) is 0 Å². The van der Waals surface area contributed by atoms with Crippen LogP contribution in [-0.2, 0) is 27.4 Å². The molecule has 9 heteroatoms. The van der Waals surface area contributed by atoms with Gasteiger partial charge in [0.25, 0.3) is 0 Å². The van der Waals surface area contributed by atoms with Crippen molar-refractivity contribution < 1.29 is 38.7 Å². The zero-order valence-electron chi connectivity index (χ0n) is 25.0. The predicted molar refractivity (Wildman–Crippen MR) is 161 cm³/mol. The summed E-state index contributed by atoms with van der Waals surface area (Å²) in [5.41, 5.74) is 2.29. The molecule has 1 heterocycles. The molecule has 1 aliphatic heterocycles. The fraction of sp³-hybridized carbons (Fsp3) is 0.412. The zero-order chi connectivity index (χ0) is 30.8. The van der Waals surface area contributed by atoms with E-state index < -0.39 is 35.8 Å². The van der Waals surface area contributed by atoms with Crippen LogP contribution in [0.1, 0.15) is 60.2 Å². The minimum atomic E-state index is -1.00. The Bertz CT molecular complexity index is 1300. The Morgan fingerprint density at radius 1 is 0.860 bits per heavy atom. The van der Waals surface area contributed by atoms with E-state index in [-0.39, 0.29) is 25.3 Å². The first-order chi connectivity index (χ1) is 20.6. The summed E-state index contributed by atoms with van der Waals surface area (Å²) in [7, 11) is 0. The molecule has 9 nitrogen and oxygen atoms in total. The van der Waals surface area contributed by atoms with E-state index in [1.165, 1.54) is 17.0 Å². The van der Waals surface area contributed by atoms with Crippen molar-refractivity contribution in [1.82, 2.24) is 4.90 Å². The molecule has 43 heavy (non-hydrogen) atoms. The van der Waals surface area contributed by atoms with Crippen LogP contribution in [0.25, 0.3) is 0 Å². The number of aliphatic hydroxyl groups is 1. The normalized spacial score (nSPS) is 18.7. The van der Waals surface area contributed by atoms with E-state index in [4.69, 9.17) is 18.9 Å². The van der Waals surface area contributed by atoms with Crippen LogP contribution in [0.5, 0.6) is 5.75 Å². The highest BCUT2D eigenvalue weighted by atomic mass is 16.6. The van der Waals surface area contributed by atoms with E-state index in [0.717, 1.165) is 23.1 Å². The molecule has 4 rings (SSSR count). The Hall–Kier alpha value is -3.92. The van der Waals surface area contributed by atoms with Crippen molar-refractivity contribution in [1.29, 1.82) is 0 Å². The molecular formula is C34H41NO8. The topological polar surface area (TPSA) is 115 Å². The van der Waals surface area contributed by atoms with Gasteiger partial charge in [0.15, 0.2) is 0 Å². The van der Waals surface area contributed by atoms with Gasteiger partial charge in [-0.25, -0.2) is 9.59 Å². The molecule has 1 amide bonds. The number of carbonyl (C=O) groups excluding carboxylic acids is 1. The van der Waals surface area contributed by atoms with E-state index in [0.29, 0.717) is 25.6 Å². The first kappa shape index (κ1) is 32.0. The van der Waals surface area contributed by atoms with Crippen LogP contribution in [0, 0.1) is 0 Å². The molecule has 1 fully saturated rings. The average Bonchev–Trinajstić information content (AvgIpc) is 2.98. The number of amides is 1. The number of piperidine rings is 1. The van der Waals surface area contributed by atoms with Crippen LogP contribution in [0.2, 0.25) is 0 Å². The molecule has 230 valence electrons. The van der Waals surface area contributed by atoms with Crippen LogP contribution < -0.4 is 4.74 Å². The summed E-state index contributed by atoms with van der Waals surface area (Å²) in [6.07, 6.45) is -1.20. The second-order valence-corrected chi connectivity index (χ2v) is 11.6. The lowest BCUT2D eigenvalue weighted by atomic mass is 9.84. The quantitative estimate of drug-likeness (QED) is 0.260. The minimum Gasteiger partial charge on any atom is -0.494 e. The predicted octanol–water partition coefficient (Wildman–Crippen LogP) is 5.65. The molecule has 0 aliphatic carbocycles. The molecule has 0 radical (unpaired) electrons. The standard InChI is InChI=1S/C34H41NO8/c1-34(2,3)43-33(39)35-20-29(36)31(30(21-35)42-23-25-10-12-27(13-11-25)32(37)38)26-14-16-28(17-15-26)41-19-7-18-40-22-24-8-5-4-6-9-24/h4-6,8-17,29-31,36H,7,18-23H2,1-3H3,(H,37,38).